The van der Waals surface area contributed by atoms with E-state index in [1.165, 1.54) is 6.07 Å². The Morgan fingerprint density at radius 1 is 1.20 bits per heavy atom. The van der Waals surface area contributed by atoms with Crippen LogP contribution in [0.2, 0.25) is 0 Å². The molecule has 2 fully saturated rings. The van der Waals surface area contributed by atoms with Gasteiger partial charge in [-0.2, -0.15) is 0 Å². The summed E-state index contributed by atoms with van der Waals surface area (Å²) in [7, 11) is 1.65. The predicted molar refractivity (Wildman–Crippen MR) is 130 cm³/mol. The van der Waals surface area contributed by atoms with Crippen LogP contribution in [0.1, 0.15) is 48.7 Å². The Hall–Kier alpha value is -3.10. The van der Waals surface area contributed by atoms with Crippen molar-refractivity contribution in [2.75, 3.05) is 32.1 Å². The zero-order chi connectivity index (χ0) is 24.7. The molecule has 0 saturated carbocycles. The maximum Gasteiger partial charge on any atom is 0.337 e. The molecule has 4 atom stereocenters. The standard InChI is InChI=1S/C27H32N2O6/c1-27(2)19-13-16-14-29(15-23(30)28-20-9-5-4-7-17(20)26(31)32)12-11-21(16)34-24(19)18-8-6-10-22(33-3)25(18)35-27/h4-10,16,19,21,24H,11-15H2,1-3H3,(H,28,30)(H,31,32)/t16-,19+,21+,24-/m1/s1. The third-order valence-electron chi connectivity index (χ3n) is 7.58. The van der Waals surface area contributed by atoms with E-state index in [0.29, 0.717) is 11.6 Å². The minimum atomic E-state index is -1.06. The molecule has 0 aromatic heterocycles. The van der Waals surface area contributed by atoms with Crippen LogP contribution >= 0.6 is 0 Å². The van der Waals surface area contributed by atoms with Crippen molar-refractivity contribution < 1.29 is 28.9 Å². The number of ether oxygens (including phenoxy) is 3. The lowest BCUT2D eigenvalue weighted by Crippen LogP contribution is -2.55. The summed E-state index contributed by atoms with van der Waals surface area (Å²) < 4.78 is 18.7. The Labute approximate surface area is 205 Å². The van der Waals surface area contributed by atoms with Gasteiger partial charge in [-0.25, -0.2) is 4.79 Å². The van der Waals surface area contributed by atoms with Gasteiger partial charge in [0.15, 0.2) is 11.5 Å². The first-order valence-electron chi connectivity index (χ1n) is 12.1. The maximum absolute atomic E-state index is 12.7. The molecule has 3 aliphatic rings. The number of hydrogen-bond acceptors (Lipinski definition) is 6. The molecule has 8 nitrogen and oxygen atoms in total. The van der Waals surface area contributed by atoms with Crippen molar-refractivity contribution in [1.82, 2.24) is 4.90 Å². The zero-order valence-corrected chi connectivity index (χ0v) is 20.3. The van der Waals surface area contributed by atoms with Crippen molar-refractivity contribution in [3.05, 3.63) is 53.6 Å². The van der Waals surface area contributed by atoms with Gasteiger partial charge >= 0.3 is 5.97 Å². The normalized spacial score (nSPS) is 26.9. The lowest BCUT2D eigenvalue weighted by atomic mass is 9.70. The van der Waals surface area contributed by atoms with Crippen LogP contribution in [-0.2, 0) is 9.53 Å². The second-order valence-electron chi connectivity index (χ2n) is 10.2. The number of piperidine rings is 1. The molecule has 2 aromatic carbocycles. The highest BCUT2D eigenvalue weighted by Crippen LogP contribution is 2.55. The fourth-order valence-electron chi connectivity index (χ4n) is 5.84. The van der Waals surface area contributed by atoms with E-state index in [1.807, 2.05) is 12.1 Å². The number of nitrogens with one attached hydrogen (secondary N) is 1. The number of nitrogens with zero attached hydrogens (tertiary/aromatic N) is 1. The summed E-state index contributed by atoms with van der Waals surface area (Å²) in [5, 5.41) is 12.1. The van der Waals surface area contributed by atoms with E-state index in [0.717, 1.165) is 43.0 Å². The summed E-state index contributed by atoms with van der Waals surface area (Å²) in [5.41, 5.74) is 1.03. The molecule has 0 spiro atoms. The largest absolute Gasteiger partial charge is 0.493 e. The van der Waals surface area contributed by atoms with E-state index in [2.05, 4.69) is 30.1 Å². The summed E-state index contributed by atoms with van der Waals surface area (Å²) in [6.07, 6.45) is 1.86. The van der Waals surface area contributed by atoms with Gasteiger partial charge in [0.1, 0.15) is 5.60 Å². The van der Waals surface area contributed by atoms with Crippen LogP contribution in [0.15, 0.2) is 42.5 Å². The van der Waals surface area contributed by atoms with Gasteiger partial charge in [-0.15, -0.1) is 0 Å². The third kappa shape index (κ3) is 4.48. The van der Waals surface area contributed by atoms with Gasteiger partial charge in [0.05, 0.1) is 37.1 Å². The number of carbonyl (C=O) groups is 2. The molecule has 8 heteroatoms. The van der Waals surface area contributed by atoms with Gasteiger partial charge in [-0.1, -0.05) is 24.3 Å². The number of fused-ring (bicyclic) bond motifs is 4. The van der Waals surface area contributed by atoms with Gasteiger partial charge in [-0.3, -0.25) is 9.69 Å². The molecule has 5 rings (SSSR count). The highest BCUT2D eigenvalue weighted by atomic mass is 16.5. The molecule has 0 bridgehead atoms. The van der Waals surface area contributed by atoms with Crippen LogP contribution in [0.25, 0.3) is 0 Å². The highest BCUT2D eigenvalue weighted by Gasteiger charge is 2.52. The highest BCUT2D eigenvalue weighted by molar-refractivity contribution is 6.01. The number of likely N-dealkylation sites (tertiary alicyclic amines) is 1. The Bertz CT molecular complexity index is 1130. The second-order valence-corrected chi connectivity index (χ2v) is 10.2. The van der Waals surface area contributed by atoms with Crippen LogP contribution in [0.4, 0.5) is 5.69 Å². The topological polar surface area (TPSA) is 97.3 Å². The van der Waals surface area contributed by atoms with Gasteiger partial charge in [0, 0.05) is 24.6 Å². The lowest BCUT2D eigenvalue weighted by Gasteiger charge is -2.53. The molecule has 0 aliphatic carbocycles. The first kappa shape index (κ1) is 23.6. The monoisotopic (exact) mass is 480 g/mol. The minimum absolute atomic E-state index is 0.0486. The van der Waals surface area contributed by atoms with Crippen molar-refractivity contribution in [3.63, 3.8) is 0 Å². The molecule has 3 aliphatic heterocycles. The molecule has 2 N–H and O–H groups in total. The maximum atomic E-state index is 12.7. The fraction of sp³-hybridized carbons (Fsp3) is 0.481. The van der Waals surface area contributed by atoms with E-state index >= 15 is 0 Å². The molecule has 0 unspecified atom stereocenters. The lowest BCUT2D eigenvalue weighted by molar-refractivity contribution is -0.187. The third-order valence-corrected chi connectivity index (χ3v) is 7.58. The van der Waals surface area contributed by atoms with E-state index in [9.17, 15) is 14.7 Å². The van der Waals surface area contributed by atoms with Gasteiger partial charge in [0.2, 0.25) is 5.91 Å². The Kier molecular flexibility index (Phi) is 6.19. The van der Waals surface area contributed by atoms with Crippen LogP contribution < -0.4 is 14.8 Å². The number of methoxy groups -OCH3 is 1. The van der Waals surface area contributed by atoms with Crippen LogP contribution in [0.5, 0.6) is 11.5 Å². The number of para-hydroxylation sites is 2. The van der Waals surface area contributed by atoms with Crippen molar-refractivity contribution >= 4 is 17.6 Å². The summed E-state index contributed by atoms with van der Waals surface area (Å²) in [6.45, 7) is 5.93. The quantitative estimate of drug-likeness (QED) is 0.668. The predicted octanol–water partition coefficient (Wildman–Crippen LogP) is 3.97. The average Bonchev–Trinajstić information content (AvgIpc) is 2.83. The molecule has 1 amide bonds. The minimum Gasteiger partial charge on any atom is -0.493 e. The molecule has 2 aromatic rings. The average molecular weight is 481 g/mol. The molecule has 186 valence electrons. The van der Waals surface area contributed by atoms with E-state index in [-0.39, 0.29) is 36.1 Å². The van der Waals surface area contributed by atoms with E-state index in [1.54, 1.807) is 25.3 Å². The second kappa shape index (κ2) is 9.17. The zero-order valence-electron chi connectivity index (χ0n) is 20.3. The van der Waals surface area contributed by atoms with Crippen molar-refractivity contribution in [2.24, 2.45) is 11.8 Å². The molecule has 35 heavy (non-hydrogen) atoms. The number of carbonyl (C=O) groups excluding carboxylic acids is 1. The fourth-order valence-corrected chi connectivity index (χ4v) is 5.84. The first-order chi connectivity index (χ1) is 16.8. The number of benzene rings is 2. The number of hydrogen-bond donors (Lipinski definition) is 2. The number of rotatable bonds is 5. The number of aromatic carboxylic acids is 1. The number of amides is 1. The van der Waals surface area contributed by atoms with Gasteiger partial charge < -0.3 is 24.6 Å². The summed E-state index contributed by atoms with van der Waals surface area (Å²) >= 11 is 0. The van der Waals surface area contributed by atoms with Gasteiger partial charge in [0.25, 0.3) is 0 Å². The molecular weight excluding hydrogens is 448 g/mol. The number of carboxylic acids is 1. The van der Waals surface area contributed by atoms with Crippen molar-refractivity contribution in [3.8, 4) is 11.5 Å². The summed E-state index contributed by atoms with van der Waals surface area (Å²) in [4.78, 5) is 26.3. The van der Waals surface area contributed by atoms with Crippen LogP contribution in [-0.4, -0.2) is 60.3 Å². The molecule has 2 saturated heterocycles. The molecular formula is C27H32N2O6. The SMILES string of the molecule is COc1cccc2c1OC(C)(C)[C@H]1C[C@@H]3CN(CC(=O)Nc4ccccc4C(=O)O)CC[C@@H]3O[C@H]21. The Morgan fingerprint density at radius 3 is 2.77 bits per heavy atom. The summed E-state index contributed by atoms with van der Waals surface area (Å²) in [5.74, 6) is 0.695. The summed E-state index contributed by atoms with van der Waals surface area (Å²) in [6, 6.07) is 12.4. The van der Waals surface area contributed by atoms with Crippen molar-refractivity contribution in [1.29, 1.82) is 0 Å². The number of anilines is 1. The van der Waals surface area contributed by atoms with Crippen LogP contribution in [0, 0.1) is 11.8 Å². The molecule has 0 radical (unpaired) electrons. The first-order valence-corrected chi connectivity index (χ1v) is 12.1. The smallest absolute Gasteiger partial charge is 0.337 e. The Morgan fingerprint density at radius 2 is 2.00 bits per heavy atom. The van der Waals surface area contributed by atoms with Gasteiger partial charge in [-0.05, 0) is 50.8 Å². The molecule has 3 heterocycles. The van der Waals surface area contributed by atoms with E-state index < -0.39 is 11.6 Å². The number of carboxylic acid groups (broad SMARTS) is 1. The van der Waals surface area contributed by atoms with Crippen molar-refractivity contribution in [2.45, 2.75) is 44.5 Å². The van der Waals surface area contributed by atoms with E-state index in [4.69, 9.17) is 14.2 Å². The van der Waals surface area contributed by atoms with Crippen LogP contribution in [0.3, 0.4) is 0 Å². The Balaban J connectivity index is 1.27.